The predicted molar refractivity (Wildman–Crippen MR) is 75.9 cm³/mol. The number of nitrogens with one attached hydrogen (secondary N) is 2. The lowest BCUT2D eigenvalue weighted by Gasteiger charge is -1.98. The number of anilines is 1. The molecule has 3 aromatic rings. The Morgan fingerprint density at radius 1 is 1.47 bits per heavy atom. The van der Waals surface area contributed by atoms with Crippen LogP contribution in [-0.4, -0.2) is 21.1 Å². The standard InChI is InChI=1S/C12H9ClN4OS/c1-6-2-3-8-9(4-6)19-12(15-8)16-11(18)10-7(13)5-14-17-10/h2-5H,1H3,(H,14,17)(H,15,16,18). The minimum atomic E-state index is -0.349. The van der Waals surface area contributed by atoms with Crippen molar-refractivity contribution in [2.45, 2.75) is 6.92 Å². The number of thiazole rings is 1. The summed E-state index contributed by atoms with van der Waals surface area (Å²) >= 11 is 7.25. The van der Waals surface area contributed by atoms with Crippen LogP contribution in [0.3, 0.4) is 0 Å². The van der Waals surface area contributed by atoms with Crippen LogP contribution < -0.4 is 5.32 Å². The van der Waals surface area contributed by atoms with Gasteiger partial charge in [-0.3, -0.25) is 15.2 Å². The van der Waals surface area contributed by atoms with Crippen LogP contribution in [0.15, 0.2) is 24.4 Å². The number of aromatic amines is 1. The first kappa shape index (κ1) is 12.1. The van der Waals surface area contributed by atoms with Gasteiger partial charge in [-0.2, -0.15) is 5.10 Å². The van der Waals surface area contributed by atoms with E-state index in [-0.39, 0.29) is 16.6 Å². The number of carbonyl (C=O) groups is 1. The Kier molecular flexibility index (Phi) is 2.96. The van der Waals surface area contributed by atoms with E-state index in [0.717, 1.165) is 15.8 Å². The molecule has 0 aliphatic rings. The lowest BCUT2D eigenvalue weighted by Crippen LogP contribution is -2.12. The summed E-state index contributed by atoms with van der Waals surface area (Å²) in [6.45, 7) is 2.02. The highest BCUT2D eigenvalue weighted by molar-refractivity contribution is 7.22. The molecule has 0 atom stereocenters. The first-order valence-electron chi connectivity index (χ1n) is 5.51. The van der Waals surface area contributed by atoms with Crippen molar-refractivity contribution in [2.75, 3.05) is 5.32 Å². The van der Waals surface area contributed by atoms with Crippen LogP contribution in [0.2, 0.25) is 5.02 Å². The minimum Gasteiger partial charge on any atom is -0.296 e. The maximum Gasteiger partial charge on any atom is 0.277 e. The van der Waals surface area contributed by atoms with Crippen LogP contribution in [0.4, 0.5) is 5.13 Å². The SMILES string of the molecule is Cc1ccc2nc(NC(=O)c3[nH]ncc3Cl)sc2c1. The average Bonchev–Trinajstić information content (AvgIpc) is 2.94. The summed E-state index contributed by atoms with van der Waals surface area (Å²) in [5.74, 6) is -0.349. The molecule has 2 N–H and O–H groups in total. The highest BCUT2D eigenvalue weighted by atomic mass is 35.5. The molecule has 0 bridgehead atoms. The number of hydrogen-bond donors (Lipinski definition) is 2. The lowest BCUT2D eigenvalue weighted by atomic mass is 10.2. The van der Waals surface area contributed by atoms with E-state index in [4.69, 9.17) is 11.6 Å². The Labute approximate surface area is 117 Å². The molecular formula is C12H9ClN4OS. The van der Waals surface area contributed by atoms with E-state index in [1.807, 2.05) is 25.1 Å². The first-order valence-corrected chi connectivity index (χ1v) is 6.70. The van der Waals surface area contributed by atoms with Crippen molar-refractivity contribution < 1.29 is 4.79 Å². The number of rotatable bonds is 2. The van der Waals surface area contributed by atoms with Gasteiger partial charge in [-0.1, -0.05) is 29.0 Å². The Balaban J connectivity index is 1.89. The van der Waals surface area contributed by atoms with Crippen LogP contribution >= 0.6 is 22.9 Å². The van der Waals surface area contributed by atoms with E-state index < -0.39 is 0 Å². The second-order valence-electron chi connectivity index (χ2n) is 4.04. The van der Waals surface area contributed by atoms with Gasteiger partial charge in [-0.25, -0.2) is 4.98 Å². The van der Waals surface area contributed by atoms with Gasteiger partial charge in [0.1, 0.15) is 5.69 Å². The van der Waals surface area contributed by atoms with Crippen LogP contribution in [-0.2, 0) is 0 Å². The first-order chi connectivity index (χ1) is 9.13. The molecule has 0 aliphatic heterocycles. The van der Waals surface area contributed by atoms with Gasteiger partial charge in [-0.05, 0) is 24.6 Å². The van der Waals surface area contributed by atoms with Crippen molar-refractivity contribution in [2.24, 2.45) is 0 Å². The third kappa shape index (κ3) is 2.32. The summed E-state index contributed by atoms with van der Waals surface area (Å²) in [6.07, 6.45) is 1.39. The molecule has 1 aromatic carbocycles. The molecule has 0 aliphatic carbocycles. The van der Waals surface area contributed by atoms with Crippen LogP contribution in [0, 0.1) is 6.92 Å². The largest absolute Gasteiger partial charge is 0.296 e. The van der Waals surface area contributed by atoms with Gasteiger partial charge in [-0.15, -0.1) is 0 Å². The number of aromatic nitrogens is 3. The van der Waals surface area contributed by atoms with Crippen molar-refractivity contribution in [3.05, 3.63) is 40.7 Å². The summed E-state index contributed by atoms with van der Waals surface area (Å²) in [5.41, 5.74) is 2.25. The number of hydrogen-bond acceptors (Lipinski definition) is 4. The number of halogens is 1. The molecule has 96 valence electrons. The Hall–Kier alpha value is -1.92. The van der Waals surface area contributed by atoms with E-state index >= 15 is 0 Å². The molecule has 0 saturated heterocycles. The quantitative estimate of drug-likeness (QED) is 0.762. The Bertz CT molecular complexity index is 764. The Morgan fingerprint density at radius 2 is 2.32 bits per heavy atom. The molecule has 2 aromatic heterocycles. The zero-order chi connectivity index (χ0) is 13.4. The molecule has 3 rings (SSSR count). The molecular weight excluding hydrogens is 284 g/mol. The van der Waals surface area contributed by atoms with Crippen molar-refractivity contribution >= 4 is 44.2 Å². The topological polar surface area (TPSA) is 70.7 Å². The highest BCUT2D eigenvalue weighted by Gasteiger charge is 2.14. The summed E-state index contributed by atoms with van der Waals surface area (Å²) in [5, 5.41) is 9.79. The second-order valence-corrected chi connectivity index (χ2v) is 5.48. The monoisotopic (exact) mass is 292 g/mol. The highest BCUT2D eigenvalue weighted by Crippen LogP contribution is 2.27. The molecule has 0 radical (unpaired) electrons. The lowest BCUT2D eigenvalue weighted by molar-refractivity contribution is 0.102. The molecule has 19 heavy (non-hydrogen) atoms. The summed E-state index contributed by atoms with van der Waals surface area (Å²) in [4.78, 5) is 16.3. The maximum absolute atomic E-state index is 11.9. The van der Waals surface area contributed by atoms with Gasteiger partial charge in [0.2, 0.25) is 0 Å². The van der Waals surface area contributed by atoms with Crippen molar-refractivity contribution in [1.82, 2.24) is 15.2 Å². The van der Waals surface area contributed by atoms with Crippen LogP contribution in [0.25, 0.3) is 10.2 Å². The third-order valence-electron chi connectivity index (χ3n) is 2.58. The number of fused-ring (bicyclic) bond motifs is 1. The van der Waals surface area contributed by atoms with E-state index in [2.05, 4.69) is 20.5 Å². The average molecular weight is 293 g/mol. The molecule has 1 amide bonds. The second kappa shape index (κ2) is 4.64. The van der Waals surface area contributed by atoms with Crippen molar-refractivity contribution in [3.8, 4) is 0 Å². The normalized spacial score (nSPS) is 10.8. The van der Waals surface area contributed by atoms with Crippen molar-refractivity contribution in [3.63, 3.8) is 0 Å². The fourth-order valence-electron chi connectivity index (χ4n) is 1.68. The number of H-pyrrole nitrogens is 1. The molecule has 0 unspecified atom stereocenters. The van der Waals surface area contributed by atoms with Crippen molar-refractivity contribution in [1.29, 1.82) is 0 Å². The molecule has 0 spiro atoms. The predicted octanol–water partition coefficient (Wildman–Crippen LogP) is 3.23. The van der Waals surface area contributed by atoms with E-state index in [1.54, 1.807) is 0 Å². The van der Waals surface area contributed by atoms with Crippen LogP contribution in [0.5, 0.6) is 0 Å². The van der Waals surface area contributed by atoms with Gasteiger partial charge in [0, 0.05) is 0 Å². The summed E-state index contributed by atoms with van der Waals surface area (Å²) in [7, 11) is 0. The smallest absolute Gasteiger partial charge is 0.277 e. The van der Waals surface area contributed by atoms with Gasteiger partial charge in [0.05, 0.1) is 21.4 Å². The molecule has 5 nitrogen and oxygen atoms in total. The van der Waals surface area contributed by atoms with Gasteiger partial charge in [0.15, 0.2) is 5.13 Å². The number of aryl methyl sites for hydroxylation is 1. The van der Waals surface area contributed by atoms with E-state index in [9.17, 15) is 4.79 Å². The molecule has 0 fully saturated rings. The molecule has 7 heteroatoms. The number of nitrogens with zero attached hydrogens (tertiary/aromatic N) is 2. The maximum atomic E-state index is 11.9. The fourth-order valence-corrected chi connectivity index (χ4v) is 2.81. The molecule has 2 heterocycles. The zero-order valence-electron chi connectivity index (χ0n) is 9.90. The van der Waals surface area contributed by atoms with Crippen LogP contribution in [0.1, 0.15) is 16.1 Å². The number of amides is 1. The minimum absolute atomic E-state index is 0.233. The number of benzene rings is 1. The van der Waals surface area contributed by atoms with Gasteiger partial charge < -0.3 is 0 Å². The third-order valence-corrected chi connectivity index (χ3v) is 3.80. The fraction of sp³-hybridized carbons (Fsp3) is 0.0833. The molecule has 0 saturated carbocycles. The zero-order valence-corrected chi connectivity index (χ0v) is 11.5. The van der Waals surface area contributed by atoms with E-state index in [1.165, 1.54) is 17.5 Å². The number of carbonyl (C=O) groups excluding carboxylic acids is 1. The Morgan fingerprint density at radius 3 is 3.05 bits per heavy atom. The summed E-state index contributed by atoms with van der Waals surface area (Å²) < 4.78 is 1.03. The summed E-state index contributed by atoms with van der Waals surface area (Å²) in [6, 6.07) is 5.95. The van der Waals surface area contributed by atoms with Gasteiger partial charge >= 0.3 is 0 Å². The van der Waals surface area contributed by atoms with E-state index in [0.29, 0.717) is 5.13 Å². The van der Waals surface area contributed by atoms with Gasteiger partial charge in [0.25, 0.3) is 5.91 Å².